The molecule has 0 fully saturated rings. The lowest BCUT2D eigenvalue weighted by Gasteiger charge is -2.34. The highest BCUT2D eigenvalue weighted by molar-refractivity contribution is 7.20. The Labute approximate surface area is 214 Å². The quantitative estimate of drug-likeness (QED) is 0.216. The molecule has 0 aliphatic carbocycles. The van der Waals surface area contributed by atoms with Crippen LogP contribution < -0.4 is 4.90 Å². The molecule has 0 atom stereocenters. The van der Waals surface area contributed by atoms with Crippen LogP contribution in [0, 0.1) is 27.0 Å². The number of hydroxylamine groups is 3. The van der Waals surface area contributed by atoms with Gasteiger partial charge in [-0.3, -0.25) is 15.0 Å². The van der Waals surface area contributed by atoms with Gasteiger partial charge < -0.3 is 19.7 Å². The molecule has 0 saturated heterocycles. The number of nitro benzene ring substituents is 1. The monoisotopic (exact) mass is 535 g/mol. The molecule has 1 aromatic heterocycles. The van der Waals surface area contributed by atoms with Crippen LogP contribution >= 0.6 is 11.3 Å². The number of carbonyl (C=O) groups is 2. The summed E-state index contributed by atoms with van der Waals surface area (Å²) in [6.07, 6.45) is -1.05. The Bertz CT molecular complexity index is 1320. The Balaban J connectivity index is 2.29. The summed E-state index contributed by atoms with van der Waals surface area (Å²) in [4.78, 5) is 36.9. The molecule has 0 spiro atoms. The molecule has 13 heteroatoms. The van der Waals surface area contributed by atoms with Gasteiger partial charge in [0.1, 0.15) is 28.7 Å². The number of nitrogens with zero attached hydrogens (tertiary/aromatic N) is 3. The molecule has 196 valence electrons. The van der Waals surface area contributed by atoms with Crippen LogP contribution in [0.25, 0.3) is 10.4 Å². The first kappa shape index (κ1) is 27.6. The zero-order valence-electron chi connectivity index (χ0n) is 20.1. The van der Waals surface area contributed by atoms with Gasteiger partial charge in [-0.05, 0) is 36.8 Å². The highest BCUT2D eigenvalue weighted by atomic mass is 32.1. The van der Waals surface area contributed by atoms with Crippen LogP contribution in [-0.2, 0) is 17.8 Å². The average molecular weight is 536 g/mol. The van der Waals surface area contributed by atoms with E-state index < -0.39 is 50.9 Å². The lowest BCUT2D eigenvalue weighted by Crippen LogP contribution is -2.34. The third kappa shape index (κ3) is 6.25. The van der Waals surface area contributed by atoms with Crippen LogP contribution in [0.3, 0.4) is 0 Å². The average Bonchev–Trinajstić information content (AvgIpc) is 3.16. The van der Waals surface area contributed by atoms with Gasteiger partial charge in [-0.1, -0.05) is 6.07 Å². The molecule has 1 heterocycles. The van der Waals surface area contributed by atoms with Crippen LogP contribution in [0.15, 0.2) is 42.5 Å². The minimum absolute atomic E-state index is 0.0599. The van der Waals surface area contributed by atoms with Crippen LogP contribution in [0.2, 0.25) is 0 Å². The summed E-state index contributed by atoms with van der Waals surface area (Å²) in [7, 11) is 2.58. The topological polar surface area (TPSA) is 133 Å². The molecule has 0 bridgehead atoms. The Morgan fingerprint density at radius 1 is 1.11 bits per heavy atom. The van der Waals surface area contributed by atoms with E-state index in [1.807, 2.05) is 0 Å². The number of carboxylic acids is 1. The Hall–Kier alpha value is -3.94. The smallest absolute Gasteiger partial charge is 0.415 e. The molecular formula is C24H23F2N3O7S. The van der Waals surface area contributed by atoms with Crippen molar-refractivity contribution in [3.63, 3.8) is 0 Å². The summed E-state index contributed by atoms with van der Waals surface area (Å²) >= 11 is 0.796. The lowest BCUT2D eigenvalue weighted by atomic mass is 10.0. The normalized spacial score (nSPS) is 11.3. The first-order valence-electron chi connectivity index (χ1n) is 10.9. The van der Waals surface area contributed by atoms with Crippen LogP contribution in [-0.4, -0.2) is 47.4 Å². The molecule has 3 aromatic rings. The number of hydrogen-bond acceptors (Lipinski definition) is 7. The maximum Gasteiger partial charge on any atom is 0.415 e. The lowest BCUT2D eigenvalue weighted by molar-refractivity contribution is -0.853. The van der Waals surface area contributed by atoms with E-state index in [0.29, 0.717) is 5.56 Å². The van der Waals surface area contributed by atoms with Crippen LogP contribution in [0.5, 0.6) is 0 Å². The zero-order valence-corrected chi connectivity index (χ0v) is 20.9. The van der Waals surface area contributed by atoms with E-state index in [0.717, 1.165) is 34.4 Å². The molecule has 2 aromatic carbocycles. The van der Waals surface area contributed by atoms with E-state index in [1.54, 1.807) is 0 Å². The molecule has 0 radical (unpaired) electrons. The summed E-state index contributed by atoms with van der Waals surface area (Å²) in [6, 6.07) is 8.36. The Morgan fingerprint density at radius 3 is 2.19 bits per heavy atom. The van der Waals surface area contributed by atoms with Crippen molar-refractivity contribution in [3.8, 4) is 10.4 Å². The van der Waals surface area contributed by atoms with Crippen LogP contribution in [0.4, 0.5) is 24.3 Å². The van der Waals surface area contributed by atoms with E-state index in [4.69, 9.17) is 4.74 Å². The second-order valence-corrected chi connectivity index (χ2v) is 9.42. The predicted molar refractivity (Wildman–Crippen MR) is 132 cm³/mol. The van der Waals surface area contributed by atoms with Gasteiger partial charge in [0.2, 0.25) is 0 Å². The number of amides is 1. The highest BCUT2D eigenvalue weighted by Gasteiger charge is 2.33. The van der Waals surface area contributed by atoms with Crippen molar-refractivity contribution in [2.45, 2.75) is 20.0 Å². The van der Waals surface area contributed by atoms with Crippen molar-refractivity contribution in [3.05, 3.63) is 86.1 Å². The van der Waals surface area contributed by atoms with Crippen molar-refractivity contribution in [1.29, 1.82) is 0 Å². The van der Waals surface area contributed by atoms with Gasteiger partial charge in [-0.15, -0.1) is 11.3 Å². The highest BCUT2D eigenvalue weighted by Crippen LogP contribution is 2.44. The minimum Gasteiger partial charge on any atom is -0.633 e. The van der Waals surface area contributed by atoms with Crippen molar-refractivity contribution < 1.29 is 37.8 Å². The summed E-state index contributed by atoms with van der Waals surface area (Å²) in [6.45, 7) is 0.384. The first-order valence-corrected chi connectivity index (χ1v) is 11.7. The number of aromatic carboxylic acids is 1. The zero-order chi connectivity index (χ0) is 27.5. The Kier molecular flexibility index (Phi) is 8.21. The summed E-state index contributed by atoms with van der Waals surface area (Å²) in [5.74, 6) is -3.38. The fourth-order valence-corrected chi connectivity index (χ4v) is 4.92. The fraction of sp³-hybridized carbons (Fsp3) is 0.250. The van der Waals surface area contributed by atoms with Crippen LogP contribution in [0.1, 0.15) is 28.4 Å². The molecule has 0 aliphatic heterocycles. The number of ether oxygens (including phenoxy) is 1. The largest absolute Gasteiger partial charge is 0.633 e. The van der Waals surface area contributed by atoms with Gasteiger partial charge in [-0.2, -0.15) is 0 Å². The van der Waals surface area contributed by atoms with Crippen molar-refractivity contribution in [2.24, 2.45) is 0 Å². The number of hydrogen-bond donors (Lipinski definition) is 1. The maximum atomic E-state index is 14.5. The molecule has 0 aliphatic rings. The summed E-state index contributed by atoms with van der Waals surface area (Å²) in [5.41, 5.74) is -0.689. The molecular weight excluding hydrogens is 512 g/mol. The number of thiophene rings is 1. The molecule has 0 unspecified atom stereocenters. The van der Waals surface area contributed by atoms with Gasteiger partial charge >= 0.3 is 12.1 Å². The molecule has 0 saturated carbocycles. The second-order valence-electron chi connectivity index (χ2n) is 8.42. The number of anilines is 1. The van der Waals surface area contributed by atoms with Crippen molar-refractivity contribution >= 4 is 34.1 Å². The molecule has 1 amide bonds. The van der Waals surface area contributed by atoms with Gasteiger partial charge in [0.15, 0.2) is 0 Å². The number of halogens is 2. The number of carbonyl (C=O) groups excluding carboxylic acids is 1. The van der Waals surface area contributed by atoms with Gasteiger partial charge in [-0.25, -0.2) is 18.4 Å². The Morgan fingerprint density at radius 2 is 1.70 bits per heavy atom. The fourth-order valence-electron chi connectivity index (χ4n) is 3.62. The van der Waals surface area contributed by atoms with Gasteiger partial charge in [0.05, 0.1) is 32.2 Å². The number of nitro groups is 1. The van der Waals surface area contributed by atoms with E-state index >= 15 is 0 Å². The number of rotatable bonds is 9. The number of benzene rings is 2. The van der Waals surface area contributed by atoms with E-state index in [2.05, 4.69) is 0 Å². The van der Waals surface area contributed by atoms with Crippen molar-refractivity contribution in [1.82, 2.24) is 0 Å². The SMILES string of the molecule is CCOC(=O)N(Cc1c(F)cccc1F)c1sc(-c2ccc([N+](=O)[O-])cc2)c(C[N+](C)(C)[O-])c1C(=O)O. The standard InChI is InChI=1S/C24H23F2N3O7S/c1-4-36-24(32)27(12-16-18(25)6-5-7-19(16)26)22-20(23(30)31)17(13-29(2,3)35)21(37-22)14-8-10-15(11-9-14)28(33)34/h5-11H,4,12-13H2,1-3H3,(H,30,31). The minimum atomic E-state index is -1.48. The van der Waals surface area contributed by atoms with E-state index in [9.17, 15) is 38.8 Å². The molecule has 3 rings (SSSR count). The van der Waals surface area contributed by atoms with E-state index in [1.165, 1.54) is 45.3 Å². The molecule has 10 nitrogen and oxygen atoms in total. The molecule has 1 N–H and O–H groups in total. The molecule has 37 heavy (non-hydrogen) atoms. The third-order valence-corrected chi connectivity index (χ3v) is 6.50. The first-order chi connectivity index (χ1) is 17.3. The number of quaternary nitrogens is 1. The van der Waals surface area contributed by atoms with Crippen molar-refractivity contribution in [2.75, 3.05) is 25.6 Å². The maximum absolute atomic E-state index is 14.5. The predicted octanol–water partition coefficient (Wildman–Crippen LogP) is 5.54. The van der Waals surface area contributed by atoms with E-state index in [-0.39, 0.29) is 34.3 Å². The second kappa shape index (κ2) is 11.0. The summed E-state index contributed by atoms with van der Waals surface area (Å²) in [5, 5.41) is 33.6. The third-order valence-electron chi connectivity index (χ3n) is 5.19. The summed E-state index contributed by atoms with van der Waals surface area (Å²) < 4.78 is 33.1. The van der Waals surface area contributed by atoms with Gasteiger partial charge in [0, 0.05) is 28.1 Å². The number of carboxylic acid groups (broad SMARTS) is 1. The number of non-ortho nitro benzene ring substituents is 1. The van der Waals surface area contributed by atoms with Gasteiger partial charge in [0.25, 0.3) is 5.69 Å².